The number of hydrogen-bond donors (Lipinski definition) is 1. The highest BCUT2D eigenvalue weighted by Gasteiger charge is 2.34. The van der Waals surface area contributed by atoms with E-state index >= 15 is 0 Å². The Hall–Kier alpha value is 0.270. The largest absolute Gasteiger partial charge is 0.353 e. The minimum Gasteiger partial charge on any atom is -0.353 e. The summed E-state index contributed by atoms with van der Waals surface area (Å²) < 4.78 is 11.4. The predicted molar refractivity (Wildman–Crippen MR) is 63.9 cm³/mol. The first kappa shape index (κ1) is 14.3. The maximum atomic E-state index is 5.84. The predicted octanol–water partition coefficient (Wildman–Crippen LogP) is 3.12. The molecule has 0 aliphatic carbocycles. The van der Waals surface area contributed by atoms with Crippen molar-refractivity contribution >= 4 is 12.6 Å². The molecule has 0 unspecified atom stereocenters. The lowest BCUT2D eigenvalue weighted by Crippen LogP contribution is -2.41. The molecule has 3 heteroatoms. The smallest absolute Gasteiger partial charge is 0.170 e. The zero-order valence-corrected chi connectivity index (χ0v) is 10.8. The van der Waals surface area contributed by atoms with Crippen LogP contribution in [0.4, 0.5) is 0 Å². The van der Waals surface area contributed by atoms with Gasteiger partial charge in [0.1, 0.15) is 0 Å². The molecule has 2 atom stereocenters. The van der Waals surface area contributed by atoms with E-state index in [2.05, 4.69) is 33.4 Å². The monoisotopic (exact) mass is 220 g/mol. The van der Waals surface area contributed by atoms with E-state index in [1.54, 1.807) is 7.11 Å². The molecule has 0 spiro atoms. The van der Waals surface area contributed by atoms with Crippen LogP contribution in [0.3, 0.4) is 0 Å². The fourth-order valence-corrected chi connectivity index (χ4v) is 2.07. The SMILES string of the molecule is CCCO[C@@](CC)(OC)[C@H](C)CCS. The van der Waals surface area contributed by atoms with Crippen molar-refractivity contribution < 1.29 is 9.47 Å². The molecule has 0 heterocycles. The topological polar surface area (TPSA) is 18.5 Å². The molecule has 0 radical (unpaired) electrons. The highest BCUT2D eigenvalue weighted by atomic mass is 32.1. The van der Waals surface area contributed by atoms with E-state index in [-0.39, 0.29) is 0 Å². The van der Waals surface area contributed by atoms with E-state index < -0.39 is 5.79 Å². The van der Waals surface area contributed by atoms with Gasteiger partial charge in [-0.2, -0.15) is 12.6 Å². The van der Waals surface area contributed by atoms with Crippen molar-refractivity contribution in [3.05, 3.63) is 0 Å². The molecule has 0 aromatic carbocycles. The molecule has 0 bridgehead atoms. The van der Waals surface area contributed by atoms with Crippen LogP contribution in [-0.2, 0) is 9.47 Å². The molecule has 0 saturated heterocycles. The van der Waals surface area contributed by atoms with E-state index in [1.807, 2.05) is 0 Å². The number of rotatable bonds is 8. The molecule has 0 aliphatic heterocycles. The second-order valence-corrected chi connectivity index (χ2v) is 4.08. The van der Waals surface area contributed by atoms with Crippen LogP contribution in [0, 0.1) is 5.92 Å². The molecule has 0 aromatic rings. The third-order valence-corrected chi connectivity index (χ3v) is 2.96. The lowest BCUT2D eigenvalue weighted by atomic mass is 9.95. The minimum absolute atomic E-state index is 0.390. The Kier molecular flexibility index (Phi) is 7.69. The highest BCUT2D eigenvalue weighted by Crippen LogP contribution is 2.29. The summed E-state index contributed by atoms with van der Waals surface area (Å²) in [5.41, 5.74) is 0. The van der Waals surface area contributed by atoms with Gasteiger partial charge in [0.2, 0.25) is 0 Å². The standard InChI is InChI=1S/C11H24O2S/c1-5-8-13-11(6-2,12-4)10(3)7-9-14/h10,14H,5-9H2,1-4H3/t10-,11-/m1/s1. The average molecular weight is 220 g/mol. The van der Waals surface area contributed by atoms with Crippen molar-refractivity contribution in [1.29, 1.82) is 0 Å². The van der Waals surface area contributed by atoms with E-state index in [0.717, 1.165) is 31.6 Å². The van der Waals surface area contributed by atoms with Crippen LogP contribution in [0.2, 0.25) is 0 Å². The van der Waals surface area contributed by atoms with Crippen molar-refractivity contribution in [2.75, 3.05) is 19.5 Å². The van der Waals surface area contributed by atoms with Gasteiger partial charge in [0.25, 0.3) is 0 Å². The van der Waals surface area contributed by atoms with Crippen molar-refractivity contribution in [3.8, 4) is 0 Å². The molecule has 0 aromatic heterocycles. The summed E-state index contributed by atoms with van der Waals surface area (Å²) in [6.45, 7) is 7.14. The van der Waals surface area contributed by atoms with Crippen LogP contribution in [0.1, 0.15) is 40.0 Å². The van der Waals surface area contributed by atoms with Crippen LogP contribution >= 0.6 is 12.6 Å². The van der Waals surface area contributed by atoms with Crippen molar-refractivity contribution in [1.82, 2.24) is 0 Å². The number of hydrogen-bond acceptors (Lipinski definition) is 3. The first-order valence-electron chi connectivity index (χ1n) is 5.46. The molecule has 0 amide bonds. The third kappa shape index (κ3) is 3.79. The van der Waals surface area contributed by atoms with E-state index in [9.17, 15) is 0 Å². The molecule has 0 rings (SSSR count). The fourth-order valence-electron chi connectivity index (χ4n) is 1.69. The van der Waals surface area contributed by atoms with Gasteiger partial charge in [-0.25, -0.2) is 0 Å². The quantitative estimate of drug-likeness (QED) is 0.500. The Labute approximate surface area is 93.8 Å². The Morgan fingerprint density at radius 1 is 1.36 bits per heavy atom. The molecular formula is C11H24O2S. The number of ether oxygens (including phenoxy) is 2. The van der Waals surface area contributed by atoms with E-state index in [4.69, 9.17) is 9.47 Å². The van der Waals surface area contributed by atoms with E-state index in [0.29, 0.717) is 5.92 Å². The van der Waals surface area contributed by atoms with Gasteiger partial charge < -0.3 is 9.47 Å². The Balaban J connectivity index is 4.33. The second-order valence-electron chi connectivity index (χ2n) is 3.63. The Bertz CT molecular complexity index is 135. The third-order valence-electron chi connectivity index (χ3n) is 2.70. The first-order valence-corrected chi connectivity index (χ1v) is 6.10. The minimum atomic E-state index is -0.404. The van der Waals surface area contributed by atoms with Crippen molar-refractivity contribution in [3.63, 3.8) is 0 Å². The summed E-state index contributed by atoms with van der Waals surface area (Å²) >= 11 is 4.25. The van der Waals surface area contributed by atoms with Crippen LogP contribution in [0.25, 0.3) is 0 Å². The van der Waals surface area contributed by atoms with E-state index in [1.165, 1.54) is 0 Å². The van der Waals surface area contributed by atoms with Crippen LogP contribution in [0.15, 0.2) is 0 Å². The number of methoxy groups -OCH3 is 1. The van der Waals surface area contributed by atoms with Gasteiger partial charge in [0, 0.05) is 19.6 Å². The zero-order chi connectivity index (χ0) is 11.0. The van der Waals surface area contributed by atoms with Gasteiger partial charge in [-0.3, -0.25) is 0 Å². The van der Waals surface area contributed by atoms with Gasteiger partial charge in [-0.1, -0.05) is 20.8 Å². The maximum Gasteiger partial charge on any atom is 0.170 e. The average Bonchev–Trinajstić information content (AvgIpc) is 2.21. The van der Waals surface area contributed by atoms with Gasteiger partial charge >= 0.3 is 0 Å². The van der Waals surface area contributed by atoms with Crippen molar-refractivity contribution in [2.45, 2.75) is 45.8 Å². The summed E-state index contributed by atoms with van der Waals surface area (Å²) in [6.07, 6.45) is 2.94. The van der Waals surface area contributed by atoms with Gasteiger partial charge in [-0.15, -0.1) is 0 Å². The molecule has 0 N–H and O–H groups in total. The highest BCUT2D eigenvalue weighted by molar-refractivity contribution is 7.80. The first-order chi connectivity index (χ1) is 6.66. The second kappa shape index (κ2) is 7.55. The summed E-state index contributed by atoms with van der Waals surface area (Å²) in [5.74, 6) is 0.863. The molecule has 2 nitrogen and oxygen atoms in total. The van der Waals surface area contributed by atoms with Crippen LogP contribution < -0.4 is 0 Å². The lowest BCUT2D eigenvalue weighted by Gasteiger charge is -2.36. The summed E-state index contributed by atoms with van der Waals surface area (Å²) in [7, 11) is 1.73. The molecule has 86 valence electrons. The fraction of sp³-hybridized carbons (Fsp3) is 1.00. The van der Waals surface area contributed by atoms with Crippen LogP contribution in [-0.4, -0.2) is 25.3 Å². The molecular weight excluding hydrogens is 196 g/mol. The maximum absolute atomic E-state index is 5.84. The molecule has 14 heavy (non-hydrogen) atoms. The lowest BCUT2D eigenvalue weighted by molar-refractivity contribution is -0.253. The Morgan fingerprint density at radius 3 is 2.36 bits per heavy atom. The molecule has 0 fully saturated rings. The van der Waals surface area contributed by atoms with Gasteiger partial charge in [0.15, 0.2) is 5.79 Å². The van der Waals surface area contributed by atoms with Crippen LogP contribution in [0.5, 0.6) is 0 Å². The zero-order valence-electron chi connectivity index (χ0n) is 9.88. The normalized spacial score (nSPS) is 17.8. The van der Waals surface area contributed by atoms with Crippen molar-refractivity contribution in [2.24, 2.45) is 5.92 Å². The summed E-state index contributed by atoms with van der Waals surface area (Å²) in [5, 5.41) is 0. The summed E-state index contributed by atoms with van der Waals surface area (Å²) in [4.78, 5) is 0. The van der Waals surface area contributed by atoms with Gasteiger partial charge in [0.05, 0.1) is 0 Å². The summed E-state index contributed by atoms with van der Waals surface area (Å²) in [6, 6.07) is 0. The number of thiol groups is 1. The Morgan fingerprint density at radius 2 is 2.00 bits per heavy atom. The molecule has 0 aliphatic rings. The molecule has 0 saturated carbocycles. The van der Waals surface area contributed by atoms with Gasteiger partial charge in [-0.05, 0) is 25.0 Å².